The predicted molar refractivity (Wildman–Crippen MR) is 48.1 cm³/mol. The summed E-state index contributed by atoms with van der Waals surface area (Å²) in [6.07, 6.45) is 0. The molecule has 0 spiro atoms. The third-order valence-electron chi connectivity index (χ3n) is 0. The predicted octanol–water partition coefficient (Wildman–Crippen LogP) is 3.01. The minimum atomic E-state index is -3.04. The van der Waals surface area contributed by atoms with Crippen molar-refractivity contribution in [2.75, 3.05) is 0 Å². The Bertz CT molecular complexity index is 131. The summed E-state index contributed by atoms with van der Waals surface area (Å²) in [7, 11) is 0. The Hall–Kier alpha value is 1.78. The van der Waals surface area contributed by atoms with Gasteiger partial charge in [-0.1, -0.05) is 34.8 Å². The van der Waals surface area contributed by atoms with Crippen molar-refractivity contribution in [3.8, 4) is 0 Å². The SMILES string of the molecule is ClC(Cl)Cl.O=S(=O)(Br)Br. The molecule has 0 bridgehead atoms. The maximum atomic E-state index is 9.47. The van der Waals surface area contributed by atoms with Crippen molar-refractivity contribution in [1.29, 1.82) is 0 Å². The molecule has 0 radical (unpaired) electrons. The van der Waals surface area contributed by atoms with Gasteiger partial charge in [-0.2, -0.15) is 0 Å². The maximum Gasteiger partial charge on any atom is 0.268 e. The molecule has 0 fully saturated rings. The van der Waals surface area contributed by atoms with E-state index in [4.69, 9.17) is 34.8 Å². The molecule has 0 N–H and O–H groups in total. The summed E-state index contributed by atoms with van der Waals surface area (Å²) in [5, 5.41) is 0. The molecule has 0 amide bonds. The highest BCUT2D eigenvalue weighted by molar-refractivity contribution is 9.79. The highest BCUT2D eigenvalue weighted by atomic mass is 79.9. The van der Waals surface area contributed by atoms with E-state index in [-0.39, 0.29) is 0 Å². The van der Waals surface area contributed by atoms with Gasteiger partial charge >= 0.3 is 0 Å². The summed E-state index contributed by atoms with van der Waals surface area (Å²) in [6, 6.07) is 0. The van der Waals surface area contributed by atoms with E-state index in [1.807, 2.05) is 0 Å². The van der Waals surface area contributed by atoms with Gasteiger partial charge in [0.25, 0.3) is 6.70 Å². The topological polar surface area (TPSA) is 34.1 Å². The van der Waals surface area contributed by atoms with E-state index < -0.39 is 11.0 Å². The Morgan fingerprint density at radius 1 is 1.11 bits per heavy atom. The van der Waals surface area contributed by atoms with E-state index in [2.05, 4.69) is 29.6 Å². The van der Waals surface area contributed by atoms with Crippen LogP contribution in [0.1, 0.15) is 0 Å². The van der Waals surface area contributed by atoms with Gasteiger partial charge < -0.3 is 0 Å². The van der Waals surface area contributed by atoms with Crippen molar-refractivity contribution < 1.29 is 8.42 Å². The maximum absolute atomic E-state index is 9.47. The average Bonchev–Trinajstić information content (AvgIpc) is 1.19. The quantitative estimate of drug-likeness (QED) is 0.501. The van der Waals surface area contributed by atoms with Crippen LogP contribution in [-0.2, 0) is 6.70 Å². The Morgan fingerprint density at radius 2 is 1.11 bits per heavy atom. The molecule has 0 aliphatic heterocycles. The van der Waals surface area contributed by atoms with Crippen molar-refractivity contribution in [2.45, 2.75) is 4.30 Å². The first-order valence-corrected chi connectivity index (χ1v) is 7.77. The first-order chi connectivity index (χ1) is 3.73. The molecule has 0 unspecified atom stereocenters. The van der Waals surface area contributed by atoms with Crippen LogP contribution in [0.5, 0.6) is 0 Å². The monoisotopic (exact) mass is 340 g/mol. The summed E-state index contributed by atoms with van der Waals surface area (Å²) >= 11 is 18.9. The summed E-state index contributed by atoms with van der Waals surface area (Å²) in [4.78, 5) is 0. The van der Waals surface area contributed by atoms with Gasteiger partial charge in [-0.05, 0) is 0 Å². The zero-order valence-corrected chi connectivity index (χ0v) is 9.95. The highest BCUT2D eigenvalue weighted by Gasteiger charge is 1.87. The minimum Gasteiger partial charge on any atom is -0.205 e. The van der Waals surface area contributed by atoms with E-state index in [0.29, 0.717) is 0 Å². The second kappa shape index (κ2) is 6.49. The molecule has 0 saturated heterocycles. The van der Waals surface area contributed by atoms with Crippen molar-refractivity contribution >= 4 is 71.1 Å². The van der Waals surface area contributed by atoms with E-state index in [9.17, 15) is 8.42 Å². The summed E-state index contributed by atoms with van der Waals surface area (Å²) in [5.41, 5.74) is 0. The smallest absolute Gasteiger partial charge is 0.205 e. The van der Waals surface area contributed by atoms with Crippen LogP contribution in [0.15, 0.2) is 0 Å². The van der Waals surface area contributed by atoms with Crippen molar-refractivity contribution in [3.63, 3.8) is 0 Å². The summed E-state index contributed by atoms with van der Waals surface area (Å²) in [6.45, 7) is -3.04. The van der Waals surface area contributed by atoms with Crippen LogP contribution in [0.2, 0.25) is 0 Å². The summed E-state index contributed by atoms with van der Waals surface area (Å²) in [5.74, 6) is 0. The fourth-order valence-corrected chi connectivity index (χ4v) is 0. The molecular weight excluding hydrogens is 342 g/mol. The van der Waals surface area contributed by atoms with Crippen LogP contribution in [0.25, 0.3) is 0 Å². The molecular formula is CHBr2Cl3O2S. The van der Waals surface area contributed by atoms with Gasteiger partial charge in [0.05, 0.1) is 29.6 Å². The molecule has 0 aliphatic carbocycles. The molecule has 0 saturated carbocycles. The molecule has 0 rings (SSSR count). The highest BCUT2D eigenvalue weighted by Crippen LogP contribution is 2.06. The number of halogens is 5. The fraction of sp³-hybridized carbons (Fsp3) is 1.00. The number of alkyl halides is 3. The van der Waals surface area contributed by atoms with Gasteiger partial charge in [-0.15, -0.1) is 0 Å². The molecule has 0 aliphatic rings. The number of hydrogen-bond donors (Lipinski definition) is 0. The fourth-order valence-electron chi connectivity index (χ4n) is 0. The van der Waals surface area contributed by atoms with Crippen LogP contribution < -0.4 is 0 Å². The first kappa shape index (κ1) is 13.4. The Balaban J connectivity index is 0. The lowest BCUT2D eigenvalue weighted by Gasteiger charge is -1.69. The molecule has 9 heavy (non-hydrogen) atoms. The van der Waals surface area contributed by atoms with Crippen LogP contribution >= 0.6 is 64.4 Å². The van der Waals surface area contributed by atoms with Gasteiger partial charge in [-0.3, -0.25) is 0 Å². The minimum absolute atomic E-state index is 0.750. The third kappa shape index (κ3) is 187. The van der Waals surface area contributed by atoms with Gasteiger partial charge in [-0.25, -0.2) is 8.42 Å². The molecule has 0 atom stereocenters. The van der Waals surface area contributed by atoms with Gasteiger partial charge in [0.1, 0.15) is 0 Å². The largest absolute Gasteiger partial charge is 0.268 e. The molecule has 2 nitrogen and oxygen atoms in total. The average molecular weight is 343 g/mol. The first-order valence-electron chi connectivity index (χ1n) is 1.30. The van der Waals surface area contributed by atoms with Crippen LogP contribution in [0, 0.1) is 0 Å². The van der Waals surface area contributed by atoms with Gasteiger partial charge in [0.15, 0.2) is 4.30 Å². The number of hydrogen-bond acceptors (Lipinski definition) is 2. The van der Waals surface area contributed by atoms with Crippen LogP contribution in [-0.4, -0.2) is 12.7 Å². The van der Waals surface area contributed by atoms with Gasteiger partial charge in [0.2, 0.25) is 0 Å². The Labute approximate surface area is 83.2 Å². The second-order valence-electron chi connectivity index (χ2n) is 0.626. The van der Waals surface area contributed by atoms with Crippen molar-refractivity contribution in [1.82, 2.24) is 0 Å². The summed E-state index contributed by atoms with van der Waals surface area (Å²) < 4.78 is 18.2. The molecule has 58 valence electrons. The Kier molecular flexibility index (Phi) is 9.64. The molecule has 0 aromatic carbocycles. The lowest BCUT2D eigenvalue weighted by Crippen LogP contribution is -1.60. The molecule has 0 aromatic rings. The molecule has 0 heterocycles. The standard InChI is InChI=1S/CHCl3.Br2O2S/c2-1(3)4;1-5(2,3)4/h1H;. The van der Waals surface area contributed by atoms with E-state index >= 15 is 0 Å². The van der Waals surface area contributed by atoms with E-state index in [0.717, 1.165) is 0 Å². The zero-order valence-electron chi connectivity index (χ0n) is 3.69. The lowest BCUT2D eigenvalue weighted by atomic mass is 11.9. The van der Waals surface area contributed by atoms with Gasteiger partial charge in [0, 0.05) is 0 Å². The van der Waals surface area contributed by atoms with E-state index in [1.165, 1.54) is 0 Å². The van der Waals surface area contributed by atoms with E-state index in [1.54, 1.807) is 0 Å². The lowest BCUT2D eigenvalue weighted by molar-refractivity contribution is 0.625. The Morgan fingerprint density at radius 3 is 1.11 bits per heavy atom. The molecule has 0 aromatic heterocycles. The van der Waals surface area contributed by atoms with Crippen LogP contribution in [0.3, 0.4) is 0 Å². The van der Waals surface area contributed by atoms with Crippen molar-refractivity contribution in [3.05, 3.63) is 0 Å². The van der Waals surface area contributed by atoms with Crippen molar-refractivity contribution in [2.24, 2.45) is 0 Å². The normalized spacial score (nSPS) is 10.4. The van der Waals surface area contributed by atoms with Crippen LogP contribution in [0.4, 0.5) is 0 Å². The third-order valence-corrected chi connectivity index (χ3v) is 0. The molecule has 8 heteroatoms. The zero-order chi connectivity index (χ0) is 8.08. The number of rotatable bonds is 0. The second-order valence-corrected chi connectivity index (χ2v) is 11.1.